The lowest BCUT2D eigenvalue weighted by Gasteiger charge is -2.21. The summed E-state index contributed by atoms with van der Waals surface area (Å²) in [5.41, 5.74) is 0.533. The summed E-state index contributed by atoms with van der Waals surface area (Å²) < 4.78 is 15.1. The van der Waals surface area contributed by atoms with Crippen molar-refractivity contribution in [1.29, 1.82) is 0 Å². The number of aliphatic hydroxyl groups is 2. The SMILES string of the molecule is COc1cc([C@@H](OC)[C@H](O)CO)cc(OC)c1O. The van der Waals surface area contributed by atoms with Crippen molar-refractivity contribution in [2.75, 3.05) is 27.9 Å². The van der Waals surface area contributed by atoms with Crippen molar-refractivity contribution >= 4 is 0 Å². The number of benzene rings is 1. The predicted octanol–water partition coefficient (Wildman–Crippen LogP) is 0.450. The van der Waals surface area contributed by atoms with Crippen molar-refractivity contribution < 1.29 is 29.5 Å². The zero-order chi connectivity index (χ0) is 13.7. The van der Waals surface area contributed by atoms with Gasteiger partial charge in [0.05, 0.1) is 20.8 Å². The second-order valence-corrected chi connectivity index (χ2v) is 3.68. The minimum atomic E-state index is -1.08. The minimum absolute atomic E-state index is 0.128. The molecular weight excluding hydrogens is 240 g/mol. The van der Waals surface area contributed by atoms with Gasteiger partial charge in [-0.05, 0) is 17.7 Å². The number of phenolic OH excluding ortho intramolecular Hbond substituents is 1. The van der Waals surface area contributed by atoms with Gasteiger partial charge in [-0.15, -0.1) is 0 Å². The minimum Gasteiger partial charge on any atom is -0.502 e. The average Bonchev–Trinajstić information content (AvgIpc) is 2.40. The highest BCUT2D eigenvalue weighted by molar-refractivity contribution is 5.53. The first-order valence-corrected chi connectivity index (χ1v) is 5.35. The summed E-state index contributed by atoms with van der Waals surface area (Å²) in [4.78, 5) is 0. The van der Waals surface area contributed by atoms with E-state index in [0.717, 1.165) is 0 Å². The average molecular weight is 258 g/mol. The molecule has 1 aromatic rings. The zero-order valence-corrected chi connectivity index (χ0v) is 10.6. The number of phenols is 1. The molecule has 0 amide bonds. The van der Waals surface area contributed by atoms with E-state index < -0.39 is 18.8 Å². The van der Waals surface area contributed by atoms with Crippen LogP contribution in [-0.2, 0) is 4.74 Å². The van der Waals surface area contributed by atoms with Crippen LogP contribution in [0.5, 0.6) is 17.2 Å². The maximum atomic E-state index is 9.76. The van der Waals surface area contributed by atoms with Gasteiger partial charge in [0.15, 0.2) is 11.5 Å². The number of ether oxygens (including phenoxy) is 3. The van der Waals surface area contributed by atoms with Crippen LogP contribution in [0.3, 0.4) is 0 Å². The van der Waals surface area contributed by atoms with Gasteiger partial charge < -0.3 is 29.5 Å². The van der Waals surface area contributed by atoms with Crippen LogP contribution in [0, 0.1) is 0 Å². The number of aromatic hydroxyl groups is 1. The lowest BCUT2D eigenvalue weighted by Crippen LogP contribution is -2.23. The van der Waals surface area contributed by atoms with Crippen LogP contribution in [0.1, 0.15) is 11.7 Å². The zero-order valence-electron chi connectivity index (χ0n) is 10.6. The Morgan fingerprint density at radius 1 is 1.11 bits per heavy atom. The molecule has 0 aliphatic rings. The molecule has 0 aliphatic heterocycles. The smallest absolute Gasteiger partial charge is 0.200 e. The summed E-state index contributed by atoms with van der Waals surface area (Å²) in [6.45, 7) is -0.440. The van der Waals surface area contributed by atoms with E-state index in [9.17, 15) is 10.2 Å². The molecule has 0 heterocycles. The molecule has 2 atom stereocenters. The maximum absolute atomic E-state index is 9.76. The van der Waals surface area contributed by atoms with Gasteiger partial charge in [-0.2, -0.15) is 0 Å². The molecule has 0 fully saturated rings. The van der Waals surface area contributed by atoms with Crippen LogP contribution in [0.25, 0.3) is 0 Å². The van der Waals surface area contributed by atoms with Gasteiger partial charge in [0.1, 0.15) is 12.2 Å². The Labute approximate surface area is 105 Å². The maximum Gasteiger partial charge on any atom is 0.200 e. The number of aliphatic hydroxyl groups excluding tert-OH is 2. The monoisotopic (exact) mass is 258 g/mol. The largest absolute Gasteiger partial charge is 0.502 e. The molecule has 102 valence electrons. The lowest BCUT2D eigenvalue weighted by atomic mass is 10.0. The normalized spacial score (nSPS) is 14.1. The van der Waals surface area contributed by atoms with Crippen molar-refractivity contribution in [3.63, 3.8) is 0 Å². The second-order valence-electron chi connectivity index (χ2n) is 3.68. The van der Waals surface area contributed by atoms with Crippen LogP contribution in [0.2, 0.25) is 0 Å². The fourth-order valence-corrected chi connectivity index (χ4v) is 1.69. The first-order chi connectivity index (χ1) is 8.58. The van der Waals surface area contributed by atoms with Crippen molar-refractivity contribution in [1.82, 2.24) is 0 Å². The summed E-state index contributed by atoms with van der Waals surface area (Å²) in [6, 6.07) is 3.04. The Kier molecular flexibility index (Phi) is 5.21. The summed E-state index contributed by atoms with van der Waals surface area (Å²) >= 11 is 0. The van der Waals surface area contributed by atoms with Crippen molar-refractivity contribution in [2.24, 2.45) is 0 Å². The predicted molar refractivity (Wildman–Crippen MR) is 64.1 cm³/mol. The summed E-state index contributed by atoms with van der Waals surface area (Å²) in [5.74, 6) is 0.283. The Bertz CT molecular complexity index is 367. The summed E-state index contributed by atoms with van der Waals surface area (Å²) in [6.07, 6.45) is -1.81. The highest BCUT2D eigenvalue weighted by Gasteiger charge is 2.23. The van der Waals surface area contributed by atoms with E-state index in [1.54, 1.807) is 0 Å². The van der Waals surface area contributed by atoms with Crippen LogP contribution in [0.4, 0.5) is 0 Å². The molecule has 1 aromatic carbocycles. The third-order valence-electron chi connectivity index (χ3n) is 2.62. The standard InChI is InChI=1S/C12H18O6/c1-16-9-4-7(5-10(17-2)11(9)15)12(18-3)8(14)6-13/h4-5,8,12-15H,6H2,1-3H3/t8-,12-/m1/s1. The third kappa shape index (κ3) is 2.84. The van der Waals surface area contributed by atoms with Crippen LogP contribution >= 0.6 is 0 Å². The van der Waals surface area contributed by atoms with Gasteiger partial charge >= 0.3 is 0 Å². The molecule has 1 rings (SSSR count). The molecule has 0 aromatic heterocycles. The Morgan fingerprint density at radius 2 is 1.61 bits per heavy atom. The Balaban J connectivity index is 3.22. The molecule has 3 N–H and O–H groups in total. The molecule has 18 heavy (non-hydrogen) atoms. The van der Waals surface area contributed by atoms with Crippen LogP contribution in [0.15, 0.2) is 12.1 Å². The van der Waals surface area contributed by atoms with Gasteiger partial charge in [0.25, 0.3) is 0 Å². The van der Waals surface area contributed by atoms with E-state index in [-0.39, 0.29) is 17.2 Å². The molecule has 0 spiro atoms. The van der Waals surface area contributed by atoms with Gasteiger partial charge in [-0.3, -0.25) is 0 Å². The fourth-order valence-electron chi connectivity index (χ4n) is 1.69. The van der Waals surface area contributed by atoms with E-state index in [2.05, 4.69) is 0 Å². The Hall–Kier alpha value is -1.50. The molecule has 0 radical (unpaired) electrons. The third-order valence-corrected chi connectivity index (χ3v) is 2.62. The first kappa shape index (κ1) is 14.6. The van der Waals surface area contributed by atoms with E-state index in [0.29, 0.717) is 5.56 Å². The molecular formula is C12H18O6. The topological polar surface area (TPSA) is 88.4 Å². The number of hydrogen-bond donors (Lipinski definition) is 3. The molecule has 0 unspecified atom stereocenters. The van der Waals surface area contributed by atoms with Gasteiger partial charge in [0.2, 0.25) is 5.75 Å². The molecule has 0 saturated heterocycles. The molecule has 6 nitrogen and oxygen atoms in total. The molecule has 0 bridgehead atoms. The number of rotatable bonds is 6. The van der Waals surface area contributed by atoms with Gasteiger partial charge in [-0.1, -0.05) is 0 Å². The van der Waals surface area contributed by atoms with E-state index >= 15 is 0 Å². The van der Waals surface area contributed by atoms with Crippen molar-refractivity contribution in [3.05, 3.63) is 17.7 Å². The van der Waals surface area contributed by atoms with E-state index in [1.165, 1.54) is 33.5 Å². The summed E-state index contributed by atoms with van der Waals surface area (Å²) in [7, 11) is 4.22. The van der Waals surface area contributed by atoms with Gasteiger partial charge in [-0.25, -0.2) is 0 Å². The van der Waals surface area contributed by atoms with Crippen LogP contribution in [-0.4, -0.2) is 49.4 Å². The highest BCUT2D eigenvalue weighted by Crippen LogP contribution is 2.39. The molecule has 0 aliphatic carbocycles. The molecule has 0 saturated carbocycles. The number of hydrogen-bond acceptors (Lipinski definition) is 6. The van der Waals surface area contributed by atoms with Crippen molar-refractivity contribution in [2.45, 2.75) is 12.2 Å². The van der Waals surface area contributed by atoms with E-state index in [1.807, 2.05) is 0 Å². The fraction of sp³-hybridized carbons (Fsp3) is 0.500. The lowest BCUT2D eigenvalue weighted by molar-refractivity contribution is -0.0394. The first-order valence-electron chi connectivity index (χ1n) is 5.35. The van der Waals surface area contributed by atoms with Crippen LogP contribution < -0.4 is 9.47 Å². The van der Waals surface area contributed by atoms with Gasteiger partial charge in [0, 0.05) is 7.11 Å². The summed E-state index contributed by atoms with van der Waals surface area (Å²) in [5, 5.41) is 28.4. The highest BCUT2D eigenvalue weighted by atomic mass is 16.5. The van der Waals surface area contributed by atoms with Crippen molar-refractivity contribution in [3.8, 4) is 17.2 Å². The second kappa shape index (κ2) is 6.44. The van der Waals surface area contributed by atoms with E-state index in [4.69, 9.17) is 19.3 Å². The molecule has 6 heteroatoms. The Morgan fingerprint density at radius 3 is 1.94 bits per heavy atom. The quantitative estimate of drug-likeness (QED) is 0.686. The number of methoxy groups -OCH3 is 3.